The lowest BCUT2D eigenvalue weighted by atomic mass is 10.0. The molecule has 0 bridgehead atoms. The first-order valence-corrected chi connectivity index (χ1v) is 39.2. The van der Waals surface area contributed by atoms with E-state index in [1.165, 1.54) is 148 Å². The van der Waals surface area contributed by atoms with E-state index in [1.807, 2.05) is 0 Å². The zero-order chi connectivity index (χ0) is 66.1. The van der Waals surface area contributed by atoms with Gasteiger partial charge in [0, 0.05) is 25.7 Å². The SMILES string of the molecule is CC(C)CCCCCCCCCCCCCCCCC(=O)O[C@H](COC(=O)CCCCCCCCCCC(C)C)COP(=O)(O)OCC(O)COP(=O)(O)OC[C@@H](COC(=O)CCCCCCCCCCC(C)C)OC(=O)CCCCCCCCCC(C)C. The Morgan fingerprint density at radius 2 is 0.472 bits per heavy atom. The zero-order valence-electron chi connectivity index (χ0n) is 58.1. The summed E-state index contributed by atoms with van der Waals surface area (Å²) in [5, 5.41) is 10.6. The lowest BCUT2D eigenvalue weighted by molar-refractivity contribution is -0.161. The van der Waals surface area contributed by atoms with Gasteiger partial charge in [-0.3, -0.25) is 37.3 Å². The maximum Gasteiger partial charge on any atom is 0.472 e. The molecule has 0 heterocycles. The maximum absolute atomic E-state index is 13.0. The fourth-order valence-corrected chi connectivity index (χ4v) is 12.1. The van der Waals surface area contributed by atoms with Crippen molar-refractivity contribution in [3.63, 3.8) is 0 Å². The second kappa shape index (κ2) is 59.8. The minimum absolute atomic E-state index is 0.102. The molecule has 3 N–H and O–H groups in total. The van der Waals surface area contributed by atoms with Crippen molar-refractivity contribution < 1.29 is 80.2 Å². The highest BCUT2D eigenvalue weighted by atomic mass is 31.2. The van der Waals surface area contributed by atoms with Crippen molar-refractivity contribution in [2.24, 2.45) is 23.7 Å². The lowest BCUT2D eigenvalue weighted by Gasteiger charge is -2.21. The summed E-state index contributed by atoms with van der Waals surface area (Å²) in [6.45, 7) is 14.0. The van der Waals surface area contributed by atoms with E-state index in [-0.39, 0.29) is 25.7 Å². The van der Waals surface area contributed by atoms with E-state index in [4.69, 9.17) is 37.0 Å². The molecule has 0 amide bonds. The van der Waals surface area contributed by atoms with E-state index in [9.17, 15) is 43.2 Å². The fourth-order valence-electron chi connectivity index (χ4n) is 10.5. The smallest absolute Gasteiger partial charge is 0.462 e. The van der Waals surface area contributed by atoms with Gasteiger partial charge in [-0.15, -0.1) is 0 Å². The molecule has 528 valence electrons. The number of phosphoric acid groups is 2. The molecule has 3 unspecified atom stereocenters. The quantitative estimate of drug-likeness (QED) is 0.0222. The molecule has 0 aliphatic rings. The van der Waals surface area contributed by atoms with E-state index in [2.05, 4.69) is 55.4 Å². The van der Waals surface area contributed by atoms with Crippen LogP contribution in [-0.2, 0) is 65.4 Å². The van der Waals surface area contributed by atoms with Crippen LogP contribution in [0.1, 0.15) is 344 Å². The molecule has 0 saturated carbocycles. The molecule has 0 saturated heterocycles. The van der Waals surface area contributed by atoms with E-state index >= 15 is 0 Å². The molecule has 0 spiro atoms. The second-order valence-electron chi connectivity index (χ2n) is 27.2. The molecule has 17 nitrogen and oxygen atoms in total. The summed E-state index contributed by atoms with van der Waals surface area (Å²) >= 11 is 0. The van der Waals surface area contributed by atoms with E-state index in [1.54, 1.807) is 0 Å². The van der Waals surface area contributed by atoms with Gasteiger partial charge in [-0.05, 0) is 49.4 Å². The van der Waals surface area contributed by atoms with Gasteiger partial charge < -0.3 is 33.8 Å². The Hall–Kier alpha value is -1.94. The Bertz CT molecular complexity index is 1760. The van der Waals surface area contributed by atoms with Gasteiger partial charge in [0.15, 0.2) is 12.2 Å². The van der Waals surface area contributed by atoms with Crippen LogP contribution in [-0.4, -0.2) is 96.7 Å². The van der Waals surface area contributed by atoms with Crippen molar-refractivity contribution in [3.8, 4) is 0 Å². The number of hydrogen-bond acceptors (Lipinski definition) is 15. The predicted octanol–water partition coefficient (Wildman–Crippen LogP) is 19.7. The third kappa shape index (κ3) is 64.6. The predicted molar refractivity (Wildman–Crippen MR) is 358 cm³/mol. The molecular formula is C70H136O17P2. The fraction of sp³-hybridized carbons (Fsp3) is 0.943. The van der Waals surface area contributed by atoms with Crippen molar-refractivity contribution in [1.82, 2.24) is 0 Å². The highest BCUT2D eigenvalue weighted by Gasteiger charge is 2.30. The van der Waals surface area contributed by atoms with Crippen LogP contribution in [0.2, 0.25) is 0 Å². The van der Waals surface area contributed by atoms with E-state index in [0.29, 0.717) is 31.6 Å². The van der Waals surface area contributed by atoms with Crippen molar-refractivity contribution in [1.29, 1.82) is 0 Å². The van der Waals surface area contributed by atoms with Gasteiger partial charge in [0.1, 0.15) is 19.3 Å². The van der Waals surface area contributed by atoms with Crippen molar-refractivity contribution in [3.05, 3.63) is 0 Å². The summed E-state index contributed by atoms with van der Waals surface area (Å²) in [6.07, 6.45) is 41.9. The molecular weight excluding hydrogens is 1170 g/mol. The van der Waals surface area contributed by atoms with Gasteiger partial charge >= 0.3 is 39.5 Å². The molecule has 89 heavy (non-hydrogen) atoms. The number of rotatable bonds is 67. The third-order valence-corrected chi connectivity index (χ3v) is 18.0. The van der Waals surface area contributed by atoms with Gasteiger partial charge in [0.2, 0.25) is 0 Å². The first kappa shape index (κ1) is 87.1. The number of aliphatic hydroxyl groups excluding tert-OH is 1. The molecule has 0 fully saturated rings. The molecule has 0 aromatic heterocycles. The summed E-state index contributed by atoms with van der Waals surface area (Å²) < 4.78 is 68.2. The first-order valence-electron chi connectivity index (χ1n) is 36.2. The normalized spacial score (nSPS) is 14.3. The van der Waals surface area contributed by atoms with Crippen LogP contribution in [0.15, 0.2) is 0 Å². The van der Waals surface area contributed by atoms with Crippen LogP contribution in [0.3, 0.4) is 0 Å². The van der Waals surface area contributed by atoms with Gasteiger partial charge in [0.25, 0.3) is 0 Å². The molecule has 0 aliphatic carbocycles. The number of aliphatic hydroxyl groups is 1. The molecule has 0 radical (unpaired) electrons. The molecule has 0 rings (SSSR count). The van der Waals surface area contributed by atoms with Crippen molar-refractivity contribution in [2.75, 3.05) is 39.6 Å². The van der Waals surface area contributed by atoms with Crippen LogP contribution >= 0.6 is 15.6 Å². The summed E-state index contributed by atoms with van der Waals surface area (Å²) in [4.78, 5) is 72.5. The topological polar surface area (TPSA) is 237 Å². The first-order chi connectivity index (χ1) is 42.6. The molecule has 0 aromatic carbocycles. The number of carbonyl (C=O) groups excluding carboxylic acids is 4. The highest BCUT2D eigenvalue weighted by Crippen LogP contribution is 2.45. The van der Waals surface area contributed by atoms with E-state index < -0.39 is 97.5 Å². The summed E-state index contributed by atoms with van der Waals surface area (Å²) in [5.74, 6) is 0.811. The van der Waals surface area contributed by atoms with Gasteiger partial charge in [-0.25, -0.2) is 9.13 Å². The molecule has 19 heteroatoms. The average molecular weight is 1310 g/mol. The zero-order valence-corrected chi connectivity index (χ0v) is 59.8. The van der Waals surface area contributed by atoms with Crippen LogP contribution in [0, 0.1) is 23.7 Å². The Balaban J connectivity index is 5.23. The van der Waals surface area contributed by atoms with E-state index in [0.717, 1.165) is 108 Å². The van der Waals surface area contributed by atoms with Gasteiger partial charge in [-0.1, -0.05) is 293 Å². The van der Waals surface area contributed by atoms with Crippen LogP contribution in [0.25, 0.3) is 0 Å². The molecule has 0 aromatic rings. The lowest BCUT2D eigenvalue weighted by Crippen LogP contribution is -2.30. The number of ether oxygens (including phenoxy) is 4. The third-order valence-electron chi connectivity index (χ3n) is 16.1. The van der Waals surface area contributed by atoms with Crippen LogP contribution in [0.4, 0.5) is 0 Å². The largest absolute Gasteiger partial charge is 0.472 e. The van der Waals surface area contributed by atoms with Crippen molar-refractivity contribution >= 4 is 39.5 Å². The number of hydrogen-bond donors (Lipinski definition) is 3. The summed E-state index contributed by atoms with van der Waals surface area (Å²) in [7, 11) is -9.90. The Labute approximate surface area is 543 Å². The highest BCUT2D eigenvalue weighted by molar-refractivity contribution is 7.47. The summed E-state index contributed by atoms with van der Waals surface area (Å²) in [5.41, 5.74) is 0. The minimum atomic E-state index is -4.95. The van der Waals surface area contributed by atoms with Gasteiger partial charge in [-0.2, -0.15) is 0 Å². The molecule has 5 atom stereocenters. The number of unbranched alkanes of at least 4 members (excludes halogenated alkanes) is 33. The Morgan fingerprint density at radius 1 is 0.281 bits per heavy atom. The monoisotopic (exact) mass is 1310 g/mol. The molecule has 0 aliphatic heterocycles. The standard InChI is InChI=1S/C70H136O17P2/c1-60(2)46-38-30-22-15-13-11-9-10-12-14-16-28-36-44-52-69(74)86-65(56-80-67(72)50-42-34-26-19-17-23-31-39-47-61(3)4)58-84-88(76,77)82-54-64(71)55-83-89(78,79)85-59-66(87-70(75)53-45-37-29-21-25-33-41-49-63(7)8)57-81-68(73)51-43-35-27-20-18-24-32-40-48-62(5)6/h60-66,71H,9-59H2,1-8H3,(H,76,77)(H,78,79)/t64?,65-,66-/m1/s1. The number of esters is 4. The number of carbonyl (C=O) groups is 4. The Morgan fingerprint density at radius 3 is 0.697 bits per heavy atom. The second-order valence-corrected chi connectivity index (χ2v) is 30.1. The maximum atomic E-state index is 13.0. The Kier molecular flexibility index (Phi) is 58.5. The van der Waals surface area contributed by atoms with Crippen LogP contribution in [0.5, 0.6) is 0 Å². The summed E-state index contributed by atoms with van der Waals surface area (Å²) in [6, 6.07) is 0. The van der Waals surface area contributed by atoms with Gasteiger partial charge in [0.05, 0.1) is 26.4 Å². The number of phosphoric ester groups is 2. The van der Waals surface area contributed by atoms with Crippen molar-refractivity contribution in [2.45, 2.75) is 363 Å². The average Bonchev–Trinajstić information content (AvgIpc) is 3.65. The van der Waals surface area contributed by atoms with Crippen LogP contribution < -0.4 is 0 Å². The minimum Gasteiger partial charge on any atom is -0.462 e.